The lowest BCUT2D eigenvalue weighted by Crippen LogP contribution is -2.14. The van der Waals surface area contributed by atoms with Gasteiger partial charge in [-0.2, -0.15) is 0 Å². The largest absolute Gasteiger partial charge is 0.497 e. The van der Waals surface area contributed by atoms with E-state index in [9.17, 15) is 4.79 Å². The Balaban J connectivity index is 1.55. The van der Waals surface area contributed by atoms with Gasteiger partial charge in [0.05, 0.1) is 20.6 Å². The number of ether oxygens (including phenoxy) is 2. The number of carbonyl (C=O) groups excluding carboxylic acids is 1. The van der Waals surface area contributed by atoms with E-state index in [2.05, 4.69) is 10.6 Å². The van der Waals surface area contributed by atoms with E-state index < -0.39 is 0 Å². The molecule has 28 heavy (non-hydrogen) atoms. The van der Waals surface area contributed by atoms with Crippen LogP contribution < -0.4 is 20.1 Å². The van der Waals surface area contributed by atoms with Crippen LogP contribution in [0.1, 0.15) is 11.1 Å². The Hall–Kier alpha value is -3.47. The third-order valence-electron chi connectivity index (χ3n) is 4.35. The number of para-hydroxylation sites is 1. The number of anilines is 2. The Kier molecular flexibility index (Phi) is 6.52. The number of rotatable bonds is 8. The second kappa shape index (κ2) is 9.46. The molecule has 0 bridgehead atoms. The number of hydrogen-bond acceptors (Lipinski definition) is 4. The highest BCUT2D eigenvalue weighted by Crippen LogP contribution is 2.25. The van der Waals surface area contributed by atoms with Crippen molar-refractivity contribution in [1.82, 2.24) is 0 Å². The predicted octanol–water partition coefficient (Wildman–Crippen LogP) is 4.50. The third-order valence-corrected chi connectivity index (χ3v) is 4.35. The average Bonchev–Trinajstić information content (AvgIpc) is 2.73. The van der Waals surface area contributed by atoms with E-state index in [1.165, 1.54) is 0 Å². The monoisotopic (exact) mass is 376 g/mol. The smallest absolute Gasteiger partial charge is 0.228 e. The summed E-state index contributed by atoms with van der Waals surface area (Å²) >= 11 is 0. The van der Waals surface area contributed by atoms with Crippen molar-refractivity contribution >= 4 is 17.3 Å². The maximum atomic E-state index is 12.1. The Morgan fingerprint density at radius 2 is 1.61 bits per heavy atom. The van der Waals surface area contributed by atoms with Gasteiger partial charge in [0.1, 0.15) is 11.5 Å². The molecule has 0 spiro atoms. The van der Waals surface area contributed by atoms with Gasteiger partial charge in [0.25, 0.3) is 0 Å². The Morgan fingerprint density at radius 1 is 0.857 bits per heavy atom. The number of hydrogen-bond donors (Lipinski definition) is 2. The molecule has 0 radical (unpaired) electrons. The molecule has 0 unspecified atom stereocenters. The number of benzene rings is 3. The summed E-state index contributed by atoms with van der Waals surface area (Å²) < 4.78 is 10.6. The molecular weight excluding hydrogens is 352 g/mol. The SMILES string of the molecule is COc1ccc(CNc2ccc(CC(=O)Nc3ccccc3)cc2)c(OC)c1. The van der Waals surface area contributed by atoms with Gasteiger partial charge >= 0.3 is 0 Å². The van der Waals surface area contributed by atoms with E-state index in [-0.39, 0.29) is 5.91 Å². The van der Waals surface area contributed by atoms with Crippen molar-refractivity contribution in [3.8, 4) is 11.5 Å². The van der Waals surface area contributed by atoms with E-state index in [0.29, 0.717) is 13.0 Å². The molecule has 0 aliphatic carbocycles. The fraction of sp³-hybridized carbons (Fsp3) is 0.174. The lowest BCUT2D eigenvalue weighted by atomic mass is 10.1. The molecule has 0 atom stereocenters. The van der Waals surface area contributed by atoms with Crippen LogP contribution in [0.2, 0.25) is 0 Å². The lowest BCUT2D eigenvalue weighted by Gasteiger charge is -2.12. The molecule has 1 amide bonds. The van der Waals surface area contributed by atoms with E-state index in [4.69, 9.17) is 9.47 Å². The standard InChI is InChI=1S/C23H24N2O3/c1-27-21-13-10-18(22(15-21)28-2)16-24-19-11-8-17(9-12-19)14-23(26)25-20-6-4-3-5-7-20/h3-13,15,24H,14,16H2,1-2H3,(H,25,26). The molecule has 2 N–H and O–H groups in total. The molecule has 0 fully saturated rings. The molecule has 0 saturated heterocycles. The molecule has 0 heterocycles. The summed E-state index contributed by atoms with van der Waals surface area (Å²) in [6, 6.07) is 23.1. The third kappa shape index (κ3) is 5.27. The topological polar surface area (TPSA) is 59.6 Å². The predicted molar refractivity (Wildman–Crippen MR) is 112 cm³/mol. The maximum absolute atomic E-state index is 12.1. The first-order chi connectivity index (χ1) is 13.7. The van der Waals surface area contributed by atoms with Gasteiger partial charge in [-0.15, -0.1) is 0 Å². The van der Waals surface area contributed by atoms with Gasteiger partial charge in [-0.3, -0.25) is 4.79 Å². The van der Waals surface area contributed by atoms with Crippen LogP contribution in [-0.2, 0) is 17.8 Å². The van der Waals surface area contributed by atoms with E-state index in [0.717, 1.165) is 34.0 Å². The molecule has 3 aromatic rings. The fourth-order valence-corrected chi connectivity index (χ4v) is 2.85. The first kappa shape index (κ1) is 19.3. The average molecular weight is 376 g/mol. The van der Waals surface area contributed by atoms with Gasteiger partial charge < -0.3 is 20.1 Å². The van der Waals surface area contributed by atoms with Crippen LogP contribution in [0.15, 0.2) is 72.8 Å². The van der Waals surface area contributed by atoms with Gasteiger partial charge in [0, 0.05) is 29.5 Å². The highest BCUT2D eigenvalue weighted by molar-refractivity contribution is 5.92. The fourth-order valence-electron chi connectivity index (χ4n) is 2.85. The highest BCUT2D eigenvalue weighted by atomic mass is 16.5. The Bertz CT molecular complexity index is 909. The minimum Gasteiger partial charge on any atom is -0.497 e. The van der Waals surface area contributed by atoms with Gasteiger partial charge in [0.15, 0.2) is 0 Å². The van der Waals surface area contributed by atoms with Gasteiger partial charge in [-0.05, 0) is 42.0 Å². The van der Waals surface area contributed by atoms with Crippen LogP contribution in [0.4, 0.5) is 11.4 Å². The molecule has 0 aromatic heterocycles. The minimum absolute atomic E-state index is 0.0325. The first-order valence-electron chi connectivity index (χ1n) is 9.06. The van der Waals surface area contributed by atoms with Gasteiger partial charge in [-0.1, -0.05) is 30.3 Å². The lowest BCUT2D eigenvalue weighted by molar-refractivity contribution is -0.115. The van der Waals surface area contributed by atoms with Crippen LogP contribution >= 0.6 is 0 Å². The van der Waals surface area contributed by atoms with Crippen LogP contribution in [0.5, 0.6) is 11.5 Å². The molecule has 0 aliphatic rings. The molecule has 3 rings (SSSR count). The maximum Gasteiger partial charge on any atom is 0.228 e. The van der Waals surface area contributed by atoms with Crippen LogP contribution in [0.3, 0.4) is 0 Å². The van der Waals surface area contributed by atoms with Crippen LogP contribution in [-0.4, -0.2) is 20.1 Å². The van der Waals surface area contributed by atoms with Gasteiger partial charge in [0.2, 0.25) is 5.91 Å². The number of methoxy groups -OCH3 is 2. The second-order valence-electron chi connectivity index (χ2n) is 6.32. The summed E-state index contributed by atoms with van der Waals surface area (Å²) in [5.74, 6) is 1.51. The second-order valence-corrected chi connectivity index (χ2v) is 6.32. The van der Waals surface area contributed by atoms with Crippen molar-refractivity contribution in [2.45, 2.75) is 13.0 Å². The van der Waals surface area contributed by atoms with Crippen LogP contribution in [0.25, 0.3) is 0 Å². The van der Waals surface area contributed by atoms with E-state index >= 15 is 0 Å². The molecule has 5 nitrogen and oxygen atoms in total. The van der Waals surface area contributed by atoms with Crippen molar-refractivity contribution < 1.29 is 14.3 Å². The minimum atomic E-state index is -0.0325. The summed E-state index contributed by atoms with van der Waals surface area (Å²) in [6.07, 6.45) is 0.335. The zero-order chi connectivity index (χ0) is 19.8. The molecular formula is C23H24N2O3. The summed E-state index contributed by atoms with van der Waals surface area (Å²) in [7, 11) is 3.28. The van der Waals surface area contributed by atoms with E-state index in [1.54, 1.807) is 14.2 Å². The van der Waals surface area contributed by atoms with Crippen molar-refractivity contribution in [3.63, 3.8) is 0 Å². The van der Waals surface area contributed by atoms with Gasteiger partial charge in [-0.25, -0.2) is 0 Å². The molecule has 0 saturated carbocycles. The summed E-state index contributed by atoms with van der Waals surface area (Å²) in [4.78, 5) is 12.1. The zero-order valence-electron chi connectivity index (χ0n) is 16.1. The zero-order valence-corrected chi connectivity index (χ0v) is 16.1. The number of nitrogens with one attached hydrogen (secondary N) is 2. The highest BCUT2D eigenvalue weighted by Gasteiger charge is 2.06. The first-order valence-corrected chi connectivity index (χ1v) is 9.06. The van der Waals surface area contributed by atoms with Crippen molar-refractivity contribution in [2.75, 3.05) is 24.9 Å². The summed E-state index contributed by atoms with van der Waals surface area (Å²) in [5, 5.41) is 6.27. The summed E-state index contributed by atoms with van der Waals surface area (Å²) in [6.45, 7) is 0.626. The number of amides is 1. The Morgan fingerprint density at radius 3 is 2.29 bits per heavy atom. The molecule has 0 aliphatic heterocycles. The van der Waals surface area contributed by atoms with Crippen LogP contribution in [0, 0.1) is 0 Å². The normalized spacial score (nSPS) is 10.2. The van der Waals surface area contributed by atoms with Crippen molar-refractivity contribution in [2.24, 2.45) is 0 Å². The van der Waals surface area contributed by atoms with Crippen molar-refractivity contribution in [1.29, 1.82) is 0 Å². The molecule has 3 aromatic carbocycles. The van der Waals surface area contributed by atoms with Crippen molar-refractivity contribution in [3.05, 3.63) is 83.9 Å². The van der Waals surface area contributed by atoms with E-state index in [1.807, 2.05) is 72.8 Å². The summed E-state index contributed by atoms with van der Waals surface area (Å²) in [5.41, 5.74) is 3.78. The quantitative estimate of drug-likeness (QED) is 0.608. The Labute approximate surface area is 165 Å². The molecule has 5 heteroatoms. The number of carbonyl (C=O) groups is 1. The molecule has 144 valence electrons.